The van der Waals surface area contributed by atoms with Crippen molar-refractivity contribution in [3.8, 4) is 45.5 Å². The number of fused-ring (bicyclic) bond motifs is 1. The smallest absolute Gasteiger partial charge is 0.309 e. The SMILES string of the molecule is CC(=O)Oc1c(-c2ccc(NC(=O)c3ccc(F)cc3)cc2)c(-c2ccc3c(c2)OCO3)nn1-c1cc(C)ccc1C. The van der Waals surface area contributed by atoms with Gasteiger partial charge < -0.3 is 19.5 Å². The van der Waals surface area contributed by atoms with E-state index in [1.54, 1.807) is 16.8 Å². The monoisotopic (exact) mass is 563 g/mol. The van der Waals surface area contributed by atoms with E-state index in [2.05, 4.69) is 5.32 Å². The van der Waals surface area contributed by atoms with Crippen LogP contribution in [-0.4, -0.2) is 28.4 Å². The van der Waals surface area contributed by atoms with E-state index < -0.39 is 11.8 Å². The summed E-state index contributed by atoms with van der Waals surface area (Å²) in [6, 6.07) is 23.9. The van der Waals surface area contributed by atoms with Gasteiger partial charge in [-0.05, 0) is 91.2 Å². The minimum absolute atomic E-state index is 0.131. The van der Waals surface area contributed by atoms with Crippen molar-refractivity contribution in [1.29, 1.82) is 0 Å². The average Bonchev–Trinajstić information content (AvgIpc) is 3.59. The van der Waals surface area contributed by atoms with Crippen LogP contribution in [0.5, 0.6) is 17.4 Å². The molecule has 210 valence electrons. The number of ether oxygens (including phenoxy) is 3. The Morgan fingerprint density at radius 3 is 2.33 bits per heavy atom. The zero-order chi connectivity index (χ0) is 29.4. The molecule has 4 aromatic carbocycles. The van der Waals surface area contributed by atoms with Crippen molar-refractivity contribution in [2.75, 3.05) is 12.1 Å². The van der Waals surface area contributed by atoms with Crippen molar-refractivity contribution in [2.45, 2.75) is 20.8 Å². The molecule has 0 fully saturated rings. The zero-order valence-electron chi connectivity index (χ0n) is 23.1. The fraction of sp³-hybridized carbons (Fsp3) is 0.121. The van der Waals surface area contributed by atoms with Crippen molar-refractivity contribution in [3.05, 3.63) is 107 Å². The van der Waals surface area contributed by atoms with Gasteiger partial charge in [-0.15, -0.1) is 0 Å². The number of nitrogens with one attached hydrogen (secondary N) is 1. The minimum atomic E-state index is -0.497. The third-order valence-electron chi connectivity index (χ3n) is 6.86. The van der Waals surface area contributed by atoms with Crippen molar-refractivity contribution in [1.82, 2.24) is 9.78 Å². The Hall–Kier alpha value is -5.44. The van der Waals surface area contributed by atoms with E-state index in [1.165, 1.54) is 31.2 Å². The molecule has 9 heteroatoms. The van der Waals surface area contributed by atoms with Gasteiger partial charge in [-0.1, -0.05) is 24.3 Å². The summed E-state index contributed by atoms with van der Waals surface area (Å²) in [7, 11) is 0. The molecule has 1 aliphatic heterocycles. The molecular formula is C33H26FN3O5. The van der Waals surface area contributed by atoms with E-state index in [-0.39, 0.29) is 18.6 Å². The second-order valence-corrected chi connectivity index (χ2v) is 9.93. The lowest BCUT2D eigenvalue weighted by molar-refractivity contribution is -0.132. The number of nitrogens with zero attached hydrogens (tertiary/aromatic N) is 2. The van der Waals surface area contributed by atoms with E-state index >= 15 is 0 Å². The predicted molar refractivity (Wildman–Crippen MR) is 156 cm³/mol. The quantitative estimate of drug-likeness (QED) is 0.227. The molecule has 1 aromatic heterocycles. The molecule has 0 saturated carbocycles. The predicted octanol–water partition coefficient (Wildman–Crippen LogP) is 6.87. The molecule has 5 aromatic rings. The minimum Gasteiger partial charge on any atom is -0.454 e. The number of aromatic nitrogens is 2. The summed E-state index contributed by atoms with van der Waals surface area (Å²) in [5.74, 6) is 0.199. The number of carbonyl (C=O) groups excluding carboxylic acids is 2. The van der Waals surface area contributed by atoms with Gasteiger partial charge in [-0.3, -0.25) is 9.59 Å². The van der Waals surface area contributed by atoms with Crippen molar-refractivity contribution in [2.24, 2.45) is 0 Å². The fourth-order valence-electron chi connectivity index (χ4n) is 4.77. The number of hydrogen-bond donors (Lipinski definition) is 1. The first-order chi connectivity index (χ1) is 20.3. The van der Waals surface area contributed by atoms with Gasteiger partial charge in [-0.25, -0.2) is 4.39 Å². The average molecular weight is 564 g/mol. The number of carbonyl (C=O) groups is 2. The summed E-state index contributed by atoms with van der Waals surface area (Å²) >= 11 is 0. The number of aryl methyl sites for hydroxylation is 2. The van der Waals surface area contributed by atoms with Crippen LogP contribution in [0.4, 0.5) is 10.1 Å². The fourth-order valence-corrected chi connectivity index (χ4v) is 4.77. The number of hydrogen-bond acceptors (Lipinski definition) is 6. The summed E-state index contributed by atoms with van der Waals surface area (Å²) in [6.45, 7) is 5.42. The molecule has 0 bridgehead atoms. The third-order valence-corrected chi connectivity index (χ3v) is 6.86. The summed E-state index contributed by atoms with van der Waals surface area (Å²) < 4.78 is 31.9. The highest BCUT2D eigenvalue weighted by Gasteiger charge is 2.27. The van der Waals surface area contributed by atoms with E-state index in [9.17, 15) is 14.0 Å². The molecule has 0 radical (unpaired) electrons. The van der Waals surface area contributed by atoms with Gasteiger partial charge in [0, 0.05) is 23.7 Å². The van der Waals surface area contributed by atoms with Crippen LogP contribution in [-0.2, 0) is 4.79 Å². The maximum Gasteiger partial charge on any atom is 0.309 e. The first kappa shape index (κ1) is 26.8. The molecule has 42 heavy (non-hydrogen) atoms. The molecule has 0 atom stereocenters. The first-order valence-corrected chi connectivity index (χ1v) is 13.2. The highest BCUT2D eigenvalue weighted by molar-refractivity contribution is 6.04. The Morgan fingerprint density at radius 1 is 0.881 bits per heavy atom. The van der Waals surface area contributed by atoms with Crippen LogP contribution in [0.1, 0.15) is 28.4 Å². The third kappa shape index (κ3) is 5.19. The Bertz CT molecular complexity index is 1830. The largest absolute Gasteiger partial charge is 0.454 e. The summed E-state index contributed by atoms with van der Waals surface area (Å²) in [6.07, 6.45) is 0. The number of benzene rings is 4. The molecule has 0 saturated heterocycles. The number of amides is 1. The van der Waals surface area contributed by atoms with E-state index in [0.29, 0.717) is 39.6 Å². The zero-order valence-corrected chi connectivity index (χ0v) is 23.1. The number of rotatable bonds is 6. The van der Waals surface area contributed by atoms with Crippen LogP contribution in [0.15, 0.2) is 84.9 Å². The van der Waals surface area contributed by atoms with Crippen molar-refractivity contribution < 1.29 is 28.2 Å². The van der Waals surface area contributed by atoms with Crippen LogP contribution >= 0.6 is 0 Å². The number of halogens is 1. The number of anilines is 1. The van der Waals surface area contributed by atoms with Gasteiger partial charge in [0.05, 0.1) is 11.3 Å². The van der Waals surface area contributed by atoms with Gasteiger partial charge in [0.1, 0.15) is 11.5 Å². The van der Waals surface area contributed by atoms with Crippen LogP contribution < -0.4 is 19.5 Å². The Morgan fingerprint density at radius 2 is 1.60 bits per heavy atom. The molecule has 0 aliphatic carbocycles. The standard InChI is InChI=1S/C33H26FN3O5/c1-19-4-5-20(2)27(16-19)37-33(42-21(3)38)30(31(36-37)24-10-15-28-29(17-24)41-18-40-28)22-8-13-26(14-9-22)35-32(39)23-6-11-25(34)12-7-23/h4-17H,18H2,1-3H3,(H,35,39). The van der Waals surface area contributed by atoms with Gasteiger partial charge in [0.25, 0.3) is 5.91 Å². The Labute approximate surface area is 241 Å². The maximum absolute atomic E-state index is 13.3. The highest BCUT2D eigenvalue weighted by atomic mass is 19.1. The summed E-state index contributed by atoms with van der Waals surface area (Å²) in [5, 5.41) is 7.79. The van der Waals surface area contributed by atoms with E-state index in [0.717, 1.165) is 22.4 Å². The van der Waals surface area contributed by atoms with Crippen LogP contribution in [0.25, 0.3) is 28.1 Å². The topological polar surface area (TPSA) is 91.7 Å². The van der Waals surface area contributed by atoms with E-state index in [1.807, 2.05) is 62.4 Å². The molecule has 1 aliphatic rings. The molecular weight excluding hydrogens is 537 g/mol. The van der Waals surface area contributed by atoms with Crippen LogP contribution in [0.2, 0.25) is 0 Å². The second kappa shape index (κ2) is 10.9. The lowest BCUT2D eigenvalue weighted by atomic mass is 10.0. The molecule has 0 spiro atoms. The van der Waals surface area contributed by atoms with Gasteiger partial charge in [0.2, 0.25) is 12.7 Å². The molecule has 2 heterocycles. The van der Waals surface area contributed by atoms with Crippen molar-refractivity contribution in [3.63, 3.8) is 0 Å². The molecule has 1 N–H and O–H groups in total. The Kier molecular flexibility index (Phi) is 6.92. The van der Waals surface area contributed by atoms with Crippen molar-refractivity contribution >= 4 is 17.6 Å². The lowest BCUT2D eigenvalue weighted by Gasteiger charge is -2.12. The highest BCUT2D eigenvalue weighted by Crippen LogP contribution is 2.44. The lowest BCUT2D eigenvalue weighted by Crippen LogP contribution is -2.11. The number of esters is 1. The maximum atomic E-state index is 13.3. The first-order valence-electron chi connectivity index (χ1n) is 13.2. The molecule has 1 amide bonds. The van der Waals surface area contributed by atoms with Gasteiger partial charge >= 0.3 is 5.97 Å². The molecule has 8 nitrogen and oxygen atoms in total. The molecule has 6 rings (SSSR count). The van der Waals surface area contributed by atoms with Gasteiger partial charge in [0.15, 0.2) is 11.5 Å². The van der Waals surface area contributed by atoms with Crippen LogP contribution in [0.3, 0.4) is 0 Å². The summed E-state index contributed by atoms with van der Waals surface area (Å²) in [5.41, 5.74) is 6.19. The second-order valence-electron chi connectivity index (χ2n) is 9.93. The molecule has 0 unspecified atom stereocenters. The normalized spacial score (nSPS) is 11.8. The van der Waals surface area contributed by atoms with Crippen LogP contribution in [0, 0.1) is 19.7 Å². The summed E-state index contributed by atoms with van der Waals surface area (Å²) in [4.78, 5) is 25.1. The van der Waals surface area contributed by atoms with Gasteiger partial charge in [-0.2, -0.15) is 9.78 Å². The van der Waals surface area contributed by atoms with E-state index in [4.69, 9.17) is 19.3 Å². The Balaban J connectivity index is 1.48.